The Balaban J connectivity index is 2.14. The summed E-state index contributed by atoms with van der Waals surface area (Å²) in [5.41, 5.74) is 0. The van der Waals surface area contributed by atoms with Gasteiger partial charge in [-0.2, -0.15) is 0 Å². The van der Waals surface area contributed by atoms with Crippen LogP contribution in [0.15, 0.2) is 60.7 Å². The minimum absolute atomic E-state index is 0.262. The van der Waals surface area contributed by atoms with Gasteiger partial charge in [-0.05, 0) is 33.7 Å². The molecular weight excluding hydrogens is 357 g/mol. The zero-order chi connectivity index (χ0) is 19.2. The number of hydrogen-bond acceptors (Lipinski definition) is 3. The van der Waals surface area contributed by atoms with E-state index in [0.717, 1.165) is 6.04 Å². The average molecular weight is 390 g/mol. The van der Waals surface area contributed by atoms with Gasteiger partial charge in [0.15, 0.2) is 0 Å². The number of hydrogen-bond donors (Lipinski definition) is 1. The summed E-state index contributed by atoms with van der Waals surface area (Å²) >= 11 is 0. The molecule has 2 rings (SSSR count). The molecule has 0 saturated carbocycles. The Bertz CT molecular complexity index is 604. The van der Waals surface area contributed by atoms with Crippen LogP contribution < -0.4 is 10.4 Å². The first-order valence-electron chi connectivity index (χ1n) is 9.37. The van der Waals surface area contributed by atoms with Crippen LogP contribution in [-0.2, 0) is 4.52 Å². The van der Waals surface area contributed by atoms with Crippen LogP contribution in [0.25, 0.3) is 0 Å². The molecule has 0 fully saturated rings. The second-order valence-corrected chi connectivity index (χ2v) is 13.0. The lowest BCUT2D eigenvalue weighted by molar-refractivity contribution is 0.219. The fourth-order valence-electron chi connectivity index (χ4n) is 3.46. The highest BCUT2D eigenvalue weighted by molar-refractivity contribution is 7.43. The molecule has 0 radical (unpaired) electrons. The molecule has 0 aliphatic heterocycles. The third-order valence-electron chi connectivity index (χ3n) is 4.89. The molecule has 2 aromatic rings. The molecule has 1 N–H and O–H groups in total. The fraction of sp³-hybridized carbons (Fsp3) is 0.429. The molecule has 0 heterocycles. The largest absolute Gasteiger partial charge is 0.338 e. The van der Waals surface area contributed by atoms with Crippen molar-refractivity contribution in [1.82, 2.24) is 4.67 Å². The minimum atomic E-state index is -1.90. The van der Waals surface area contributed by atoms with Crippen molar-refractivity contribution < 1.29 is 9.42 Å². The van der Waals surface area contributed by atoms with E-state index in [1.165, 1.54) is 10.4 Å². The second-order valence-electron chi connectivity index (χ2n) is 7.47. The number of benzene rings is 2. The highest BCUT2D eigenvalue weighted by Gasteiger charge is 2.32. The predicted molar refractivity (Wildman–Crippen MR) is 116 cm³/mol. The van der Waals surface area contributed by atoms with Crippen LogP contribution in [0.4, 0.5) is 0 Å². The first-order valence-corrected chi connectivity index (χ1v) is 13.2. The van der Waals surface area contributed by atoms with Gasteiger partial charge in [-0.15, -0.1) is 0 Å². The third kappa shape index (κ3) is 5.25. The van der Waals surface area contributed by atoms with Gasteiger partial charge in [0.1, 0.15) is 8.07 Å². The lowest BCUT2D eigenvalue weighted by atomic mass is 10.3. The topological polar surface area (TPSA) is 32.7 Å². The Kier molecular flexibility index (Phi) is 7.99. The average Bonchev–Trinajstić information content (AvgIpc) is 2.62. The zero-order valence-electron chi connectivity index (χ0n) is 16.6. The van der Waals surface area contributed by atoms with Crippen molar-refractivity contribution in [1.29, 1.82) is 0 Å². The molecule has 142 valence electrons. The summed E-state index contributed by atoms with van der Waals surface area (Å²) in [4.78, 5) is 10.6. The molecule has 0 bridgehead atoms. The van der Waals surface area contributed by atoms with Gasteiger partial charge < -0.3 is 9.42 Å². The Morgan fingerprint density at radius 1 is 0.885 bits per heavy atom. The van der Waals surface area contributed by atoms with Crippen molar-refractivity contribution in [3.05, 3.63) is 60.7 Å². The van der Waals surface area contributed by atoms with Crippen LogP contribution >= 0.6 is 8.53 Å². The Morgan fingerprint density at radius 2 is 1.31 bits per heavy atom. The van der Waals surface area contributed by atoms with E-state index in [4.69, 9.17) is 4.52 Å². The van der Waals surface area contributed by atoms with Crippen LogP contribution in [0.5, 0.6) is 0 Å². The summed E-state index contributed by atoms with van der Waals surface area (Å²) in [7, 11) is -3.46. The van der Waals surface area contributed by atoms with Crippen LogP contribution in [0.1, 0.15) is 27.7 Å². The molecule has 5 heteroatoms. The summed E-state index contributed by atoms with van der Waals surface area (Å²) in [5, 5.41) is 2.81. The van der Waals surface area contributed by atoms with Gasteiger partial charge >= 0.3 is 0 Å². The molecule has 0 amide bonds. The normalized spacial score (nSPS) is 13.6. The molecule has 0 aliphatic carbocycles. The molecule has 26 heavy (non-hydrogen) atoms. The monoisotopic (exact) mass is 389 g/mol. The molecule has 0 aliphatic rings. The summed E-state index contributed by atoms with van der Waals surface area (Å²) in [6, 6.07) is 23.0. The summed E-state index contributed by atoms with van der Waals surface area (Å²) in [6.07, 6.45) is 0. The van der Waals surface area contributed by atoms with E-state index in [2.05, 4.69) is 99.6 Å². The molecular formula is C21H32NO2PSi. The van der Waals surface area contributed by atoms with Crippen molar-refractivity contribution in [3.63, 3.8) is 0 Å². The van der Waals surface area contributed by atoms with Crippen molar-refractivity contribution in [2.45, 2.75) is 52.4 Å². The van der Waals surface area contributed by atoms with Gasteiger partial charge in [0.2, 0.25) is 0 Å². The maximum atomic E-state index is 10.6. The van der Waals surface area contributed by atoms with Crippen LogP contribution in [0.2, 0.25) is 12.6 Å². The maximum Gasteiger partial charge on any atom is 0.256 e. The minimum Gasteiger partial charge on any atom is -0.338 e. The summed E-state index contributed by atoms with van der Waals surface area (Å²) < 4.78 is 8.00. The van der Waals surface area contributed by atoms with Crippen molar-refractivity contribution in [2.75, 3.05) is 6.61 Å². The van der Waals surface area contributed by atoms with Crippen LogP contribution in [0, 0.1) is 0 Å². The quantitative estimate of drug-likeness (QED) is 0.514. The first-order chi connectivity index (χ1) is 12.4. The smallest absolute Gasteiger partial charge is 0.256 e. The second kappa shape index (κ2) is 9.77. The van der Waals surface area contributed by atoms with Crippen molar-refractivity contribution in [3.8, 4) is 0 Å². The number of rotatable bonds is 9. The van der Waals surface area contributed by atoms with E-state index in [-0.39, 0.29) is 12.1 Å². The van der Waals surface area contributed by atoms with Gasteiger partial charge in [0.05, 0.1) is 6.61 Å². The first kappa shape index (κ1) is 21.3. The van der Waals surface area contributed by atoms with E-state index < -0.39 is 16.6 Å². The molecule has 1 unspecified atom stereocenters. The predicted octanol–water partition coefficient (Wildman–Crippen LogP) is 4.23. The molecule has 2 aromatic carbocycles. The molecule has 0 spiro atoms. The SMILES string of the molecule is CC(C)N(C(C)C)P(O)OCC[Si](C)(c1ccccc1)c1ccccc1. The van der Waals surface area contributed by atoms with Crippen LogP contribution in [-0.4, -0.2) is 36.3 Å². The Morgan fingerprint density at radius 3 is 1.69 bits per heavy atom. The lowest BCUT2D eigenvalue weighted by Gasteiger charge is -2.34. The van der Waals surface area contributed by atoms with Gasteiger partial charge in [0.25, 0.3) is 8.53 Å². The van der Waals surface area contributed by atoms with Crippen LogP contribution in [0.3, 0.4) is 0 Å². The van der Waals surface area contributed by atoms with E-state index >= 15 is 0 Å². The standard InChI is InChI=1S/C21H32NO2PSi/c1-18(2)22(19(3)4)25(23)24-16-17-26(5,20-12-8-6-9-13-20)21-14-10-7-11-15-21/h6-15,18-19,23H,16-17H2,1-5H3. The van der Waals surface area contributed by atoms with E-state index in [1.54, 1.807) is 0 Å². The van der Waals surface area contributed by atoms with E-state index in [9.17, 15) is 4.89 Å². The molecule has 3 nitrogen and oxygen atoms in total. The molecule has 0 saturated heterocycles. The maximum absolute atomic E-state index is 10.6. The summed E-state index contributed by atoms with van der Waals surface area (Å²) in [6.45, 7) is 11.4. The summed E-state index contributed by atoms with van der Waals surface area (Å²) in [5.74, 6) is 0. The zero-order valence-corrected chi connectivity index (χ0v) is 18.5. The highest BCUT2D eigenvalue weighted by Crippen LogP contribution is 2.40. The Labute approximate surface area is 161 Å². The third-order valence-corrected chi connectivity index (χ3v) is 11.0. The molecule has 1 atom stereocenters. The Hall–Kier alpha value is -1.03. The lowest BCUT2D eigenvalue weighted by Crippen LogP contribution is -2.56. The van der Waals surface area contributed by atoms with Gasteiger partial charge in [-0.3, -0.25) is 0 Å². The van der Waals surface area contributed by atoms with Crippen molar-refractivity contribution >= 4 is 27.0 Å². The molecule has 0 aromatic heterocycles. The van der Waals surface area contributed by atoms with Gasteiger partial charge in [-0.1, -0.05) is 77.6 Å². The van der Waals surface area contributed by atoms with E-state index in [0.29, 0.717) is 6.61 Å². The van der Waals surface area contributed by atoms with Crippen molar-refractivity contribution in [2.24, 2.45) is 0 Å². The van der Waals surface area contributed by atoms with E-state index in [1.807, 2.05) is 0 Å². The highest BCUT2D eigenvalue weighted by atomic mass is 31.2. The fourth-order valence-corrected chi connectivity index (χ4v) is 8.08. The van der Waals surface area contributed by atoms with Gasteiger partial charge in [0, 0.05) is 12.1 Å². The van der Waals surface area contributed by atoms with Gasteiger partial charge in [-0.25, -0.2) is 4.67 Å². The number of nitrogens with zero attached hydrogens (tertiary/aromatic N) is 1.